The molecule has 0 aliphatic carbocycles. The van der Waals surface area contributed by atoms with Crippen molar-refractivity contribution < 1.29 is 8.91 Å². The molecule has 52 valence electrons. The Morgan fingerprint density at radius 1 is 1.80 bits per heavy atom. The summed E-state index contributed by atoms with van der Waals surface area (Å²) in [5.41, 5.74) is 0.100. The minimum absolute atomic E-state index is 0.100. The maximum Gasteiger partial charge on any atom is 0.161 e. The van der Waals surface area contributed by atoms with E-state index in [4.69, 9.17) is 4.11 Å². The van der Waals surface area contributed by atoms with Gasteiger partial charge in [0.15, 0.2) is 5.78 Å². The molecular formula is C7H6BrNO. The third-order valence-corrected chi connectivity index (χ3v) is 1.46. The average molecular weight is 203 g/mol. The molecule has 0 bridgehead atoms. The molecule has 0 spiro atoms. The van der Waals surface area contributed by atoms with Crippen molar-refractivity contribution in [3.8, 4) is 0 Å². The quantitative estimate of drug-likeness (QED) is 0.516. The molecule has 0 aliphatic heterocycles. The van der Waals surface area contributed by atoms with Crippen LogP contribution in [0.5, 0.6) is 0 Å². The second-order valence-electron chi connectivity index (χ2n) is 1.70. The highest BCUT2D eigenvalue weighted by molar-refractivity contribution is 9.10. The second kappa shape index (κ2) is 2.92. The average Bonchev–Trinajstić information content (AvgIpc) is 2.03. The number of nitrogens with zero attached hydrogens (tertiary/aromatic N) is 1. The van der Waals surface area contributed by atoms with Gasteiger partial charge in [-0.05, 0) is 34.9 Å². The number of hydrogen-bond acceptors (Lipinski definition) is 2. The summed E-state index contributed by atoms with van der Waals surface area (Å²) in [7, 11) is 0. The Kier molecular flexibility index (Phi) is 1.24. The number of hydrogen-bond donors (Lipinski definition) is 0. The van der Waals surface area contributed by atoms with Crippen LogP contribution < -0.4 is 0 Å². The van der Waals surface area contributed by atoms with Gasteiger partial charge in [0.25, 0.3) is 0 Å². The summed E-state index contributed by atoms with van der Waals surface area (Å²) in [4.78, 5) is 14.9. The van der Waals surface area contributed by atoms with Gasteiger partial charge < -0.3 is 0 Å². The summed E-state index contributed by atoms with van der Waals surface area (Å²) in [6, 6.07) is 2.95. The Morgan fingerprint density at radius 2 is 2.60 bits per heavy atom. The van der Waals surface area contributed by atoms with Gasteiger partial charge in [-0.15, -0.1) is 0 Å². The van der Waals surface area contributed by atoms with Gasteiger partial charge in [0.2, 0.25) is 0 Å². The number of carbonyl (C=O) groups excluding carboxylic acids is 1. The molecule has 1 aromatic rings. The monoisotopic (exact) mass is 202 g/mol. The Morgan fingerprint density at radius 3 is 3.10 bits per heavy atom. The highest BCUT2D eigenvalue weighted by Gasteiger charge is 1.96. The van der Waals surface area contributed by atoms with Crippen LogP contribution in [0, 0.1) is 0 Å². The SMILES string of the molecule is [2H]C([2H])([2H])C(=O)c1ccc(Br)nc1. The van der Waals surface area contributed by atoms with Crippen LogP contribution in [0.3, 0.4) is 0 Å². The predicted molar refractivity (Wildman–Crippen MR) is 41.9 cm³/mol. The molecule has 2 nitrogen and oxygen atoms in total. The first-order valence-electron chi connectivity index (χ1n) is 4.07. The molecule has 0 atom stereocenters. The Hall–Kier alpha value is -0.700. The molecular weight excluding hydrogens is 194 g/mol. The summed E-state index contributed by atoms with van der Waals surface area (Å²) in [5, 5.41) is 0. The standard InChI is InChI=1S/C7H6BrNO/c1-5(10)6-2-3-7(8)9-4-6/h2-4H,1H3/i1D3. The van der Waals surface area contributed by atoms with Gasteiger partial charge in [-0.3, -0.25) is 4.79 Å². The Balaban J connectivity index is 2.97. The van der Waals surface area contributed by atoms with Gasteiger partial charge in [-0.25, -0.2) is 4.98 Å². The Bertz CT molecular complexity index is 320. The smallest absolute Gasteiger partial charge is 0.161 e. The van der Waals surface area contributed by atoms with E-state index in [1.54, 1.807) is 0 Å². The van der Waals surface area contributed by atoms with Gasteiger partial charge in [-0.2, -0.15) is 0 Å². The Labute approximate surface area is 71.6 Å². The van der Waals surface area contributed by atoms with Gasteiger partial charge in [0, 0.05) is 15.9 Å². The first kappa shape index (κ1) is 4.23. The maximum atomic E-state index is 11.2. The largest absolute Gasteiger partial charge is 0.294 e. The van der Waals surface area contributed by atoms with E-state index in [0.29, 0.717) is 4.60 Å². The van der Waals surface area contributed by atoms with E-state index in [1.165, 1.54) is 18.3 Å². The first-order valence-corrected chi connectivity index (χ1v) is 3.37. The normalized spacial score (nSPS) is 15.1. The van der Waals surface area contributed by atoms with Crippen LogP contribution in [0.4, 0.5) is 0 Å². The molecule has 0 saturated heterocycles. The van der Waals surface area contributed by atoms with Crippen LogP contribution >= 0.6 is 15.9 Å². The topological polar surface area (TPSA) is 30.0 Å². The first-order chi connectivity index (χ1) is 5.91. The third-order valence-electron chi connectivity index (χ3n) is 0.990. The second-order valence-corrected chi connectivity index (χ2v) is 2.51. The molecule has 1 aromatic heterocycles. The zero-order valence-electron chi connectivity index (χ0n) is 7.97. The predicted octanol–water partition coefficient (Wildman–Crippen LogP) is 2.05. The molecule has 0 aromatic carbocycles. The van der Waals surface area contributed by atoms with Crippen molar-refractivity contribution in [3.05, 3.63) is 28.5 Å². The lowest BCUT2D eigenvalue weighted by atomic mass is 10.2. The van der Waals surface area contributed by atoms with Gasteiger partial charge >= 0.3 is 0 Å². The molecule has 0 aliphatic rings. The molecule has 1 rings (SSSR count). The van der Waals surface area contributed by atoms with Crippen molar-refractivity contribution in [1.29, 1.82) is 0 Å². The van der Waals surface area contributed by atoms with Crippen molar-refractivity contribution in [2.75, 3.05) is 0 Å². The highest BCUT2D eigenvalue weighted by Crippen LogP contribution is 2.06. The summed E-state index contributed by atoms with van der Waals surface area (Å²) in [5.74, 6) is -0.882. The number of rotatable bonds is 1. The number of pyridine rings is 1. The van der Waals surface area contributed by atoms with Crippen molar-refractivity contribution in [2.45, 2.75) is 6.85 Å². The van der Waals surface area contributed by atoms with Crippen molar-refractivity contribution in [1.82, 2.24) is 4.98 Å². The fourth-order valence-corrected chi connectivity index (χ4v) is 0.745. The number of aromatic nitrogens is 1. The van der Waals surface area contributed by atoms with E-state index >= 15 is 0 Å². The van der Waals surface area contributed by atoms with Crippen LogP contribution in [0.2, 0.25) is 0 Å². The van der Waals surface area contributed by atoms with Crippen LogP contribution in [0.25, 0.3) is 0 Å². The summed E-state index contributed by atoms with van der Waals surface area (Å²) < 4.78 is 21.2. The minimum Gasteiger partial charge on any atom is -0.294 e. The van der Waals surface area contributed by atoms with Crippen LogP contribution in [-0.4, -0.2) is 10.8 Å². The number of halogens is 1. The van der Waals surface area contributed by atoms with Crippen LogP contribution in [-0.2, 0) is 0 Å². The zero-order chi connectivity index (χ0) is 10.1. The van der Waals surface area contributed by atoms with Crippen molar-refractivity contribution in [3.63, 3.8) is 0 Å². The van der Waals surface area contributed by atoms with E-state index in [0.717, 1.165) is 0 Å². The fourth-order valence-electron chi connectivity index (χ4n) is 0.510. The lowest BCUT2D eigenvalue weighted by molar-refractivity contribution is 0.101. The molecule has 0 N–H and O–H groups in total. The van der Waals surface area contributed by atoms with E-state index in [9.17, 15) is 4.79 Å². The van der Waals surface area contributed by atoms with Gasteiger partial charge in [0.05, 0.1) is 0 Å². The molecule has 0 fully saturated rings. The van der Waals surface area contributed by atoms with E-state index < -0.39 is 12.6 Å². The molecule has 1 heterocycles. The van der Waals surface area contributed by atoms with Crippen LogP contribution in [0.1, 0.15) is 21.3 Å². The fraction of sp³-hybridized carbons (Fsp3) is 0.143. The number of Topliss-reactive ketones (excluding diaryl/α,β-unsaturated/α-hetero) is 1. The molecule has 10 heavy (non-hydrogen) atoms. The van der Waals surface area contributed by atoms with Gasteiger partial charge in [-0.1, -0.05) is 0 Å². The molecule has 0 radical (unpaired) electrons. The lowest BCUT2D eigenvalue weighted by Gasteiger charge is -1.92. The van der Waals surface area contributed by atoms with E-state index in [2.05, 4.69) is 20.9 Å². The highest BCUT2D eigenvalue weighted by atomic mass is 79.9. The minimum atomic E-state index is -2.59. The molecule has 0 saturated carbocycles. The zero-order valence-corrected chi connectivity index (χ0v) is 6.55. The number of carbonyl (C=O) groups is 1. The lowest BCUT2D eigenvalue weighted by Crippen LogP contribution is -1.91. The summed E-state index contributed by atoms with van der Waals surface area (Å²) in [6.07, 6.45) is 1.23. The third kappa shape index (κ3) is 1.64. The van der Waals surface area contributed by atoms with Crippen LogP contribution in [0.15, 0.2) is 22.9 Å². The van der Waals surface area contributed by atoms with Crippen molar-refractivity contribution in [2.24, 2.45) is 0 Å². The molecule has 0 unspecified atom stereocenters. The van der Waals surface area contributed by atoms with E-state index in [-0.39, 0.29) is 5.56 Å². The van der Waals surface area contributed by atoms with Gasteiger partial charge in [0.1, 0.15) is 4.60 Å². The summed E-state index contributed by atoms with van der Waals surface area (Å²) in [6.45, 7) is -2.59. The number of ketones is 1. The summed E-state index contributed by atoms with van der Waals surface area (Å²) >= 11 is 3.08. The molecule has 0 amide bonds. The van der Waals surface area contributed by atoms with Crippen molar-refractivity contribution >= 4 is 21.7 Å². The molecule has 3 heteroatoms. The maximum absolute atomic E-state index is 11.2. The van der Waals surface area contributed by atoms with E-state index in [1.807, 2.05) is 0 Å².